The molecule has 0 atom stereocenters. The Morgan fingerprint density at radius 2 is 1.29 bits per heavy atom. The van der Waals surface area contributed by atoms with Gasteiger partial charge in [-0.15, -0.1) is 0 Å². The average Bonchev–Trinajstić information content (AvgIpc) is 2.91. The van der Waals surface area contributed by atoms with Crippen molar-refractivity contribution in [2.75, 3.05) is 10.9 Å². The Hall–Kier alpha value is -4.96. The highest BCUT2D eigenvalue weighted by Crippen LogP contribution is 2.36. The summed E-state index contributed by atoms with van der Waals surface area (Å²) in [6, 6.07) is 18.2. The normalized spacial score (nSPS) is 13.1. The lowest BCUT2D eigenvalue weighted by Crippen LogP contribution is -2.47. The molecule has 0 aliphatic heterocycles. The van der Waals surface area contributed by atoms with Gasteiger partial charge in [0.2, 0.25) is 10.9 Å². The van der Waals surface area contributed by atoms with Crippen LogP contribution in [0, 0.1) is 0 Å². The summed E-state index contributed by atoms with van der Waals surface area (Å²) in [7, 11) is -9.62. The van der Waals surface area contributed by atoms with E-state index >= 15 is 0 Å². The first-order valence-corrected chi connectivity index (χ1v) is 14.4. The Morgan fingerprint density at radius 3 is 2.00 bits per heavy atom. The second-order valence-electron chi connectivity index (χ2n) is 8.70. The summed E-state index contributed by atoms with van der Waals surface area (Å²) < 4.78 is 65.8. The molecule has 0 radical (unpaired) electrons. The molecule has 208 valence electrons. The summed E-state index contributed by atoms with van der Waals surface area (Å²) in [5.41, 5.74) is 3.84. The Balaban J connectivity index is 1.63. The molecule has 5 rings (SSSR count). The number of phenols is 1. The van der Waals surface area contributed by atoms with E-state index in [0.29, 0.717) is 5.69 Å². The molecule has 41 heavy (non-hydrogen) atoms. The van der Waals surface area contributed by atoms with Crippen LogP contribution in [0.1, 0.15) is 0 Å². The molecule has 0 aromatic heterocycles. The zero-order valence-electron chi connectivity index (χ0n) is 20.5. The number of phenolic OH excluding ortho intramolecular Hbond substituents is 1. The van der Waals surface area contributed by atoms with Crippen LogP contribution in [-0.2, 0) is 20.2 Å². The molecule has 0 unspecified atom stereocenters. The van der Waals surface area contributed by atoms with Gasteiger partial charge >= 0.3 is 0 Å². The standard InChI is InChI=1S/C26H18N4O9S2/c31-22-9-8-20(26(33)25(22)30-27-19-7-3-5-14-4-1-2-6-18(14)19)28-29-21-12-16(40(34,35)36)10-15-11-17(41(37,38)39)13-23(32)24(15)21/h1-13,27,29,32H,(H,34,35,36)(H,37,38,39)/b28-20-,30-25-. The van der Waals surface area contributed by atoms with Gasteiger partial charge in [-0.1, -0.05) is 36.4 Å². The number of anilines is 2. The fourth-order valence-electron chi connectivity index (χ4n) is 4.12. The number of fused-ring (bicyclic) bond motifs is 2. The van der Waals surface area contributed by atoms with Crippen molar-refractivity contribution in [3.63, 3.8) is 0 Å². The molecule has 0 amide bonds. The van der Waals surface area contributed by atoms with Crippen molar-refractivity contribution in [2.45, 2.75) is 9.79 Å². The van der Waals surface area contributed by atoms with E-state index in [4.69, 9.17) is 0 Å². The van der Waals surface area contributed by atoms with E-state index in [9.17, 15) is 40.6 Å². The third-order valence-corrected chi connectivity index (χ3v) is 7.68. The third-order valence-electron chi connectivity index (χ3n) is 6.02. The summed E-state index contributed by atoms with van der Waals surface area (Å²) in [6.07, 6.45) is 0. The van der Waals surface area contributed by atoms with Gasteiger partial charge in [-0.25, -0.2) is 0 Å². The van der Waals surface area contributed by atoms with Crippen LogP contribution in [0.4, 0.5) is 11.4 Å². The lowest BCUT2D eigenvalue weighted by molar-refractivity contribution is 0.471. The average molecular weight is 595 g/mol. The maximum absolute atomic E-state index is 13.1. The lowest BCUT2D eigenvalue weighted by Gasteiger charge is -2.11. The summed E-state index contributed by atoms with van der Waals surface area (Å²) in [6.45, 7) is 0. The van der Waals surface area contributed by atoms with Crippen LogP contribution in [0.5, 0.6) is 5.75 Å². The zero-order chi connectivity index (χ0) is 29.5. The van der Waals surface area contributed by atoms with E-state index in [0.717, 1.165) is 47.2 Å². The van der Waals surface area contributed by atoms with Crippen LogP contribution in [0.15, 0.2) is 108 Å². The van der Waals surface area contributed by atoms with Gasteiger partial charge in [-0.2, -0.15) is 27.0 Å². The minimum absolute atomic E-state index is 0.149. The molecular formula is C26H18N4O9S2. The molecule has 5 aromatic rings. The smallest absolute Gasteiger partial charge is 0.294 e. The van der Waals surface area contributed by atoms with Crippen molar-refractivity contribution in [3.05, 3.63) is 110 Å². The van der Waals surface area contributed by atoms with E-state index < -0.39 is 52.0 Å². The quantitative estimate of drug-likeness (QED) is 0.141. The summed E-state index contributed by atoms with van der Waals surface area (Å²) in [5.74, 6) is -0.693. The topological polar surface area (TPSA) is 212 Å². The Kier molecular flexibility index (Phi) is 6.88. The third kappa shape index (κ3) is 5.55. The first-order valence-electron chi connectivity index (χ1n) is 11.5. The predicted octanol–water partition coefficient (Wildman–Crippen LogP) is 1.64. The number of rotatable bonds is 6. The van der Waals surface area contributed by atoms with Gasteiger partial charge in [-0.3, -0.25) is 29.5 Å². The van der Waals surface area contributed by atoms with E-state index in [-0.39, 0.29) is 21.8 Å². The first-order chi connectivity index (χ1) is 19.3. The van der Waals surface area contributed by atoms with Crippen LogP contribution in [0.25, 0.3) is 21.5 Å². The van der Waals surface area contributed by atoms with Gasteiger partial charge in [0.25, 0.3) is 20.2 Å². The minimum atomic E-state index is -4.83. The Labute approximate surface area is 230 Å². The molecule has 5 N–H and O–H groups in total. The second-order valence-corrected chi connectivity index (χ2v) is 11.5. The van der Waals surface area contributed by atoms with Crippen LogP contribution >= 0.6 is 0 Å². The molecule has 5 aromatic carbocycles. The fraction of sp³-hybridized carbons (Fsp3) is 0. The van der Waals surface area contributed by atoms with Crippen LogP contribution < -0.4 is 32.4 Å². The lowest BCUT2D eigenvalue weighted by atomic mass is 10.1. The Bertz CT molecular complexity index is 2320. The van der Waals surface area contributed by atoms with Crippen molar-refractivity contribution in [1.29, 1.82) is 0 Å². The fourth-order valence-corrected chi connectivity index (χ4v) is 5.20. The number of nitrogens with one attached hydrogen (secondary N) is 2. The van der Waals surface area contributed by atoms with Crippen LogP contribution in [0.3, 0.4) is 0 Å². The highest BCUT2D eigenvalue weighted by molar-refractivity contribution is 7.86. The largest absolute Gasteiger partial charge is 0.507 e. The highest BCUT2D eigenvalue weighted by Gasteiger charge is 2.19. The van der Waals surface area contributed by atoms with Gasteiger partial charge in [0, 0.05) is 16.8 Å². The van der Waals surface area contributed by atoms with Crippen molar-refractivity contribution in [3.8, 4) is 5.75 Å². The highest BCUT2D eigenvalue weighted by atomic mass is 32.2. The number of aromatic hydroxyl groups is 1. The van der Waals surface area contributed by atoms with Crippen molar-refractivity contribution in [1.82, 2.24) is 0 Å². The monoisotopic (exact) mass is 594 g/mol. The van der Waals surface area contributed by atoms with Gasteiger partial charge in [-0.05, 0) is 47.2 Å². The van der Waals surface area contributed by atoms with E-state index in [1.54, 1.807) is 12.1 Å². The van der Waals surface area contributed by atoms with Crippen LogP contribution in [0.2, 0.25) is 0 Å². The zero-order valence-corrected chi connectivity index (χ0v) is 22.1. The summed E-state index contributed by atoms with van der Waals surface area (Å²) >= 11 is 0. The molecule has 0 fully saturated rings. The predicted molar refractivity (Wildman–Crippen MR) is 149 cm³/mol. The Morgan fingerprint density at radius 1 is 0.659 bits per heavy atom. The maximum Gasteiger partial charge on any atom is 0.294 e. The molecular weight excluding hydrogens is 576 g/mol. The van der Waals surface area contributed by atoms with Crippen molar-refractivity contribution >= 4 is 53.2 Å². The number of benzene rings is 5. The second kappa shape index (κ2) is 10.2. The molecule has 0 aliphatic carbocycles. The number of nitrogens with zero attached hydrogens (tertiary/aromatic N) is 2. The van der Waals surface area contributed by atoms with Crippen molar-refractivity contribution < 1.29 is 31.0 Å². The SMILES string of the molecule is O=c1cc/c(=N/Nc2cc(S(=O)(=O)O)cc3cc(S(=O)(=O)O)cc(O)c23)c(=O)/c1=N\Nc1cccc2ccccc12. The molecule has 0 heterocycles. The molecule has 0 saturated heterocycles. The molecule has 0 spiro atoms. The number of hydrogen-bond donors (Lipinski definition) is 5. The first kappa shape index (κ1) is 27.6. The van der Waals surface area contributed by atoms with E-state index in [1.807, 2.05) is 30.3 Å². The maximum atomic E-state index is 13.1. The van der Waals surface area contributed by atoms with Gasteiger partial charge in [0.15, 0.2) is 5.36 Å². The molecule has 13 nitrogen and oxygen atoms in total. The van der Waals surface area contributed by atoms with E-state index in [1.165, 1.54) is 0 Å². The van der Waals surface area contributed by atoms with Gasteiger partial charge < -0.3 is 5.11 Å². The molecule has 0 saturated carbocycles. The van der Waals surface area contributed by atoms with Gasteiger partial charge in [0.05, 0.1) is 21.2 Å². The minimum Gasteiger partial charge on any atom is -0.507 e. The molecule has 0 aliphatic rings. The molecule has 15 heteroatoms. The van der Waals surface area contributed by atoms with Crippen LogP contribution in [-0.4, -0.2) is 31.0 Å². The summed E-state index contributed by atoms with van der Waals surface area (Å²) in [5, 5.41) is 18.9. The van der Waals surface area contributed by atoms with Gasteiger partial charge in [0.1, 0.15) is 11.1 Å². The summed E-state index contributed by atoms with van der Waals surface area (Å²) in [4.78, 5) is 24.1. The van der Waals surface area contributed by atoms with E-state index in [2.05, 4.69) is 21.1 Å². The van der Waals surface area contributed by atoms with Crippen molar-refractivity contribution in [2.24, 2.45) is 10.2 Å². The molecule has 0 bridgehead atoms. The number of hydrogen-bond acceptors (Lipinski definition) is 11.